The summed E-state index contributed by atoms with van der Waals surface area (Å²) in [5.41, 5.74) is -0.106. The van der Waals surface area contributed by atoms with Gasteiger partial charge in [-0.15, -0.1) is 0 Å². The molecular weight excluding hydrogens is 514 g/mol. The van der Waals surface area contributed by atoms with Crippen molar-refractivity contribution < 1.29 is 39.4 Å². The number of nitrogens with one attached hydrogen (secondary N) is 1. The van der Waals surface area contributed by atoms with E-state index in [9.17, 15) is 25.2 Å². The van der Waals surface area contributed by atoms with Crippen molar-refractivity contribution in [3.8, 4) is 0 Å². The Balaban J connectivity index is 0.864. The van der Waals surface area contributed by atoms with Crippen LogP contribution in [0.1, 0.15) is 38.5 Å². The van der Waals surface area contributed by atoms with Gasteiger partial charge in [0.25, 0.3) is 0 Å². The molecule has 0 radical (unpaired) electrons. The number of rotatable bonds is 13. The molecule has 38 heavy (non-hydrogen) atoms. The van der Waals surface area contributed by atoms with Crippen LogP contribution in [0, 0.1) is 23.2 Å². The van der Waals surface area contributed by atoms with Crippen molar-refractivity contribution in [2.75, 3.05) is 58.5 Å². The summed E-state index contributed by atoms with van der Waals surface area (Å²) in [4.78, 5) is 18.8. The van der Waals surface area contributed by atoms with Gasteiger partial charge in [-0.1, -0.05) is 11.8 Å². The monoisotopic (exact) mass is 557 g/mol. The predicted octanol–water partition coefficient (Wildman–Crippen LogP) is -0.443. The highest BCUT2D eigenvalue weighted by Crippen LogP contribution is 2.60. The fraction of sp³-hybridized carbons (Fsp3) is 0.923. The molecule has 0 spiro atoms. The van der Waals surface area contributed by atoms with Crippen LogP contribution in [0.3, 0.4) is 0 Å². The van der Waals surface area contributed by atoms with Crippen molar-refractivity contribution in [2.24, 2.45) is 28.2 Å². The number of amides is 1. The molecule has 0 aromatic carbocycles. The van der Waals surface area contributed by atoms with Gasteiger partial charge in [0.1, 0.15) is 18.3 Å². The second-order valence-electron chi connectivity index (χ2n) is 11.6. The van der Waals surface area contributed by atoms with Gasteiger partial charge < -0.3 is 44.9 Å². The molecule has 2 saturated heterocycles. The van der Waals surface area contributed by atoms with Crippen molar-refractivity contribution in [1.82, 2.24) is 10.2 Å². The largest absolute Gasteiger partial charge is 0.388 e. The van der Waals surface area contributed by atoms with E-state index in [1.54, 1.807) is 0 Å². The SMILES string of the molecule is O=C(NCCOCCOCCOCCN=C1SC[C@@H]2[C@@H](O)[C@H](O)[C@@H](O)[C@@H](O)N12)C12CC3CC(CC(C3)C1)C2. The number of ether oxygens (including phenoxy) is 3. The molecule has 12 heteroatoms. The van der Waals surface area contributed by atoms with Gasteiger partial charge in [-0.2, -0.15) is 0 Å². The van der Waals surface area contributed by atoms with Crippen LogP contribution in [-0.2, 0) is 19.0 Å². The number of aliphatic hydroxyl groups is 4. The minimum absolute atomic E-state index is 0.106. The summed E-state index contributed by atoms with van der Waals surface area (Å²) in [7, 11) is 0. The molecule has 1 amide bonds. The van der Waals surface area contributed by atoms with Crippen LogP contribution in [0.25, 0.3) is 0 Å². The Bertz CT molecular complexity index is 812. The highest BCUT2D eigenvalue weighted by molar-refractivity contribution is 8.14. The first kappa shape index (κ1) is 28.5. The summed E-state index contributed by atoms with van der Waals surface area (Å²) in [6, 6.07) is -0.485. The number of carbonyl (C=O) groups is 1. The zero-order valence-corrected chi connectivity index (χ0v) is 22.8. The number of fused-ring (bicyclic) bond motifs is 1. The van der Waals surface area contributed by atoms with Gasteiger partial charge in [-0.05, 0) is 56.3 Å². The average molecular weight is 558 g/mol. The van der Waals surface area contributed by atoms with E-state index in [1.807, 2.05) is 0 Å². The van der Waals surface area contributed by atoms with E-state index in [0.717, 1.165) is 37.0 Å². The molecule has 6 fully saturated rings. The highest BCUT2D eigenvalue weighted by Gasteiger charge is 2.54. The number of aliphatic imine (C=N–C) groups is 1. The van der Waals surface area contributed by atoms with Gasteiger partial charge in [-0.25, -0.2) is 0 Å². The molecular formula is C26H43N3O8S. The summed E-state index contributed by atoms with van der Waals surface area (Å²) in [5.74, 6) is 3.01. The Morgan fingerprint density at radius 1 is 0.868 bits per heavy atom. The zero-order chi connectivity index (χ0) is 26.7. The molecule has 11 nitrogen and oxygen atoms in total. The molecule has 4 aliphatic carbocycles. The minimum atomic E-state index is -1.45. The van der Waals surface area contributed by atoms with Crippen molar-refractivity contribution in [2.45, 2.75) is 69.1 Å². The highest BCUT2D eigenvalue weighted by atomic mass is 32.2. The summed E-state index contributed by atoms with van der Waals surface area (Å²) >= 11 is 1.37. The second-order valence-corrected chi connectivity index (χ2v) is 12.6. The van der Waals surface area contributed by atoms with Gasteiger partial charge >= 0.3 is 0 Å². The average Bonchev–Trinajstić information content (AvgIpc) is 3.32. The molecule has 2 heterocycles. The van der Waals surface area contributed by atoms with Gasteiger partial charge in [0.2, 0.25) is 5.91 Å². The molecule has 6 rings (SSSR count). The van der Waals surface area contributed by atoms with Gasteiger partial charge in [0.05, 0.1) is 52.2 Å². The molecule has 5 atom stereocenters. The first-order valence-electron chi connectivity index (χ1n) is 14.1. The molecule has 4 saturated carbocycles. The first-order chi connectivity index (χ1) is 18.4. The van der Waals surface area contributed by atoms with Crippen LogP contribution >= 0.6 is 11.8 Å². The van der Waals surface area contributed by atoms with E-state index < -0.39 is 30.6 Å². The number of piperidine rings is 1. The normalized spacial score (nSPS) is 40.6. The second kappa shape index (κ2) is 12.7. The Labute approximate surface area is 228 Å². The van der Waals surface area contributed by atoms with Crippen molar-refractivity contribution in [3.63, 3.8) is 0 Å². The van der Waals surface area contributed by atoms with E-state index in [-0.39, 0.29) is 11.3 Å². The number of amidine groups is 1. The quantitative estimate of drug-likeness (QED) is 0.188. The third-order valence-corrected chi connectivity index (χ3v) is 10.0. The molecule has 0 aromatic rings. The molecule has 6 aliphatic rings. The predicted molar refractivity (Wildman–Crippen MR) is 140 cm³/mol. The van der Waals surface area contributed by atoms with Crippen LogP contribution in [0.2, 0.25) is 0 Å². The Morgan fingerprint density at radius 3 is 2.08 bits per heavy atom. The lowest BCUT2D eigenvalue weighted by molar-refractivity contribution is -0.190. The van der Waals surface area contributed by atoms with Crippen LogP contribution in [0.15, 0.2) is 4.99 Å². The number of thioether (sulfide) groups is 1. The van der Waals surface area contributed by atoms with Crippen molar-refractivity contribution in [1.29, 1.82) is 0 Å². The Morgan fingerprint density at radius 2 is 1.45 bits per heavy atom. The van der Waals surface area contributed by atoms with Crippen LogP contribution < -0.4 is 5.32 Å². The summed E-state index contributed by atoms with van der Waals surface area (Å²) < 4.78 is 16.7. The summed E-state index contributed by atoms with van der Waals surface area (Å²) in [6.07, 6.45) is 1.97. The molecule has 2 aliphatic heterocycles. The number of aliphatic hydroxyl groups excluding tert-OH is 4. The maximum absolute atomic E-state index is 12.9. The number of nitrogens with zero attached hydrogens (tertiary/aromatic N) is 2. The minimum Gasteiger partial charge on any atom is -0.388 e. The van der Waals surface area contributed by atoms with Crippen molar-refractivity contribution >= 4 is 22.8 Å². The number of hydrogen-bond donors (Lipinski definition) is 5. The lowest BCUT2D eigenvalue weighted by Gasteiger charge is -2.55. The van der Waals surface area contributed by atoms with E-state index in [0.29, 0.717) is 63.7 Å². The molecule has 5 N–H and O–H groups in total. The number of carbonyl (C=O) groups excluding carboxylic acids is 1. The Hall–Kier alpha value is -0.990. The standard InChI is InChI=1S/C26H43N3O8S/c30-20-19-15-38-25(29(19)23(33)22(32)21(20)31)28-2-4-36-6-8-37-7-5-35-3-1-27-24(34)26-12-16-9-17(13-26)11-18(10-16)14-26/h16-23,30-33H,1-15H2,(H,27,34)/t16?,17?,18?,19-,20-,21+,22-,23-,26?/m1/s1. The topological polar surface area (TPSA) is 153 Å². The van der Waals surface area contributed by atoms with Gasteiger partial charge in [0, 0.05) is 17.7 Å². The summed E-state index contributed by atoms with van der Waals surface area (Å²) in [5, 5.41) is 43.8. The molecule has 216 valence electrons. The fourth-order valence-corrected chi connectivity index (χ4v) is 8.74. The van der Waals surface area contributed by atoms with E-state index in [1.165, 1.54) is 35.9 Å². The maximum atomic E-state index is 12.9. The molecule has 4 bridgehead atoms. The maximum Gasteiger partial charge on any atom is 0.226 e. The first-order valence-corrected chi connectivity index (χ1v) is 15.1. The third kappa shape index (κ3) is 6.17. The smallest absolute Gasteiger partial charge is 0.226 e. The fourth-order valence-electron chi connectivity index (χ4n) is 7.49. The van der Waals surface area contributed by atoms with Crippen molar-refractivity contribution in [3.05, 3.63) is 0 Å². The number of hydrogen-bond acceptors (Lipinski definition) is 10. The Kier molecular flexibility index (Phi) is 9.52. The lowest BCUT2D eigenvalue weighted by Crippen LogP contribution is -2.65. The molecule has 0 aromatic heterocycles. The van der Waals surface area contributed by atoms with Gasteiger partial charge in [-0.3, -0.25) is 9.79 Å². The zero-order valence-electron chi connectivity index (χ0n) is 21.9. The van der Waals surface area contributed by atoms with Crippen LogP contribution in [0.5, 0.6) is 0 Å². The van der Waals surface area contributed by atoms with Crippen LogP contribution in [-0.4, -0.2) is 125 Å². The molecule has 0 unspecified atom stereocenters. The third-order valence-electron chi connectivity index (χ3n) is 8.92. The van der Waals surface area contributed by atoms with Gasteiger partial charge in [0.15, 0.2) is 11.4 Å². The lowest BCUT2D eigenvalue weighted by atomic mass is 9.49. The van der Waals surface area contributed by atoms with Crippen LogP contribution in [0.4, 0.5) is 0 Å². The van der Waals surface area contributed by atoms with E-state index in [4.69, 9.17) is 14.2 Å². The van der Waals surface area contributed by atoms with E-state index in [2.05, 4.69) is 10.3 Å². The summed E-state index contributed by atoms with van der Waals surface area (Å²) in [6.45, 7) is 3.52. The van der Waals surface area contributed by atoms with E-state index >= 15 is 0 Å².